The first-order valence-electron chi connectivity index (χ1n) is 7.63. The second kappa shape index (κ2) is 6.76. The molecule has 24 heavy (non-hydrogen) atoms. The van der Waals surface area contributed by atoms with E-state index >= 15 is 0 Å². The molecule has 2 aromatic carbocycles. The molecule has 0 radical (unpaired) electrons. The Morgan fingerprint density at radius 2 is 1.75 bits per heavy atom. The Balaban J connectivity index is 2.11. The zero-order valence-corrected chi connectivity index (χ0v) is 13.7. The quantitative estimate of drug-likeness (QED) is 0.757. The highest BCUT2D eigenvalue weighted by atomic mass is 16.5. The molecule has 5 heteroatoms. The van der Waals surface area contributed by atoms with E-state index in [1.165, 1.54) is 0 Å². The summed E-state index contributed by atoms with van der Waals surface area (Å²) in [7, 11) is 3.17. The normalized spacial score (nSPS) is 13.3. The Morgan fingerprint density at radius 1 is 1.00 bits per heavy atom. The maximum Gasteiger partial charge on any atom is 0.161 e. The van der Waals surface area contributed by atoms with Crippen LogP contribution in [-0.4, -0.2) is 28.9 Å². The second-order valence-corrected chi connectivity index (χ2v) is 5.53. The van der Waals surface area contributed by atoms with Crippen molar-refractivity contribution in [3.8, 4) is 11.5 Å². The second-order valence-electron chi connectivity index (χ2n) is 5.53. The zero-order valence-electron chi connectivity index (χ0n) is 13.7. The minimum absolute atomic E-state index is 0.340. The van der Waals surface area contributed by atoms with Crippen LogP contribution in [0, 0.1) is 0 Å². The van der Waals surface area contributed by atoms with E-state index in [-0.39, 0.29) is 0 Å². The number of hydrogen-bond acceptors (Lipinski definition) is 4. The van der Waals surface area contributed by atoms with Crippen LogP contribution < -0.4 is 9.47 Å². The number of ether oxygens (including phenoxy) is 2. The van der Waals surface area contributed by atoms with Crippen molar-refractivity contribution in [1.82, 2.24) is 9.55 Å². The topological polar surface area (TPSA) is 56.5 Å². The van der Waals surface area contributed by atoms with E-state index in [0.717, 1.165) is 11.1 Å². The number of hydrogen-bond donors (Lipinski definition) is 1. The van der Waals surface area contributed by atoms with Gasteiger partial charge in [0.05, 0.1) is 27.1 Å². The van der Waals surface area contributed by atoms with Crippen molar-refractivity contribution in [2.75, 3.05) is 14.2 Å². The molecule has 3 aromatic rings. The highest BCUT2D eigenvalue weighted by molar-refractivity contribution is 5.47. The van der Waals surface area contributed by atoms with Gasteiger partial charge in [-0.15, -0.1) is 0 Å². The molecule has 0 aliphatic carbocycles. The van der Waals surface area contributed by atoms with E-state index in [1.807, 2.05) is 53.2 Å². The largest absolute Gasteiger partial charge is 0.493 e. The molecule has 1 aromatic heterocycles. The lowest BCUT2D eigenvalue weighted by Gasteiger charge is -2.30. The lowest BCUT2D eigenvalue weighted by atomic mass is 9.86. The van der Waals surface area contributed by atoms with E-state index < -0.39 is 5.60 Å². The molecule has 0 aliphatic rings. The van der Waals surface area contributed by atoms with Gasteiger partial charge in [0.15, 0.2) is 11.5 Å². The summed E-state index contributed by atoms with van der Waals surface area (Å²) in [6.07, 6.45) is 5.21. The molecule has 0 fully saturated rings. The first-order valence-corrected chi connectivity index (χ1v) is 7.63. The van der Waals surface area contributed by atoms with Crippen molar-refractivity contribution in [1.29, 1.82) is 0 Å². The van der Waals surface area contributed by atoms with Gasteiger partial charge in [0, 0.05) is 12.4 Å². The molecule has 3 rings (SSSR count). The first kappa shape index (κ1) is 16.1. The molecule has 1 N–H and O–H groups in total. The molecule has 0 saturated heterocycles. The van der Waals surface area contributed by atoms with Gasteiger partial charge in [0.2, 0.25) is 0 Å². The lowest BCUT2D eigenvalue weighted by molar-refractivity contribution is 0.0609. The van der Waals surface area contributed by atoms with Crippen LogP contribution >= 0.6 is 0 Å². The van der Waals surface area contributed by atoms with Gasteiger partial charge >= 0.3 is 0 Å². The van der Waals surface area contributed by atoms with Gasteiger partial charge in [-0.3, -0.25) is 0 Å². The van der Waals surface area contributed by atoms with Gasteiger partial charge in [-0.05, 0) is 23.3 Å². The summed E-state index contributed by atoms with van der Waals surface area (Å²) in [5, 5.41) is 11.6. The van der Waals surface area contributed by atoms with Crippen LogP contribution in [0.5, 0.6) is 11.5 Å². The fraction of sp³-hybridized carbons (Fsp3) is 0.211. The number of aliphatic hydroxyl groups is 1. The first-order chi connectivity index (χ1) is 11.7. The minimum Gasteiger partial charge on any atom is -0.493 e. The van der Waals surface area contributed by atoms with Crippen molar-refractivity contribution in [2.45, 2.75) is 12.1 Å². The predicted octanol–water partition coefficient (Wildman–Crippen LogP) is 2.84. The van der Waals surface area contributed by atoms with E-state index in [1.54, 1.807) is 32.8 Å². The number of benzene rings is 2. The van der Waals surface area contributed by atoms with Crippen LogP contribution in [0.2, 0.25) is 0 Å². The Labute approximate surface area is 141 Å². The van der Waals surface area contributed by atoms with Crippen LogP contribution in [-0.2, 0) is 12.1 Å². The molecule has 0 aliphatic heterocycles. The van der Waals surface area contributed by atoms with Gasteiger partial charge in [-0.25, -0.2) is 4.98 Å². The molecule has 0 bridgehead atoms. The Kier molecular flexibility index (Phi) is 4.53. The molecule has 1 unspecified atom stereocenters. The molecule has 1 atom stereocenters. The average molecular weight is 324 g/mol. The summed E-state index contributed by atoms with van der Waals surface area (Å²) >= 11 is 0. The summed E-state index contributed by atoms with van der Waals surface area (Å²) in [6.45, 7) is 0.340. The Hall–Kier alpha value is -2.79. The highest BCUT2D eigenvalue weighted by Gasteiger charge is 2.33. The summed E-state index contributed by atoms with van der Waals surface area (Å²) in [6, 6.07) is 15.0. The Bertz CT molecular complexity index is 788. The monoisotopic (exact) mass is 324 g/mol. The van der Waals surface area contributed by atoms with Crippen LogP contribution in [0.25, 0.3) is 0 Å². The van der Waals surface area contributed by atoms with Crippen LogP contribution in [0.4, 0.5) is 0 Å². The summed E-state index contributed by atoms with van der Waals surface area (Å²) in [4.78, 5) is 4.06. The smallest absolute Gasteiger partial charge is 0.161 e. The number of methoxy groups -OCH3 is 2. The summed E-state index contributed by atoms with van der Waals surface area (Å²) in [5.41, 5.74) is 0.299. The third-order valence-corrected chi connectivity index (χ3v) is 4.08. The third kappa shape index (κ3) is 2.98. The van der Waals surface area contributed by atoms with E-state index in [0.29, 0.717) is 18.0 Å². The molecular formula is C19H20N2O3. The summed E-state index contributed by atoms with van der Waals surface area (Å²) < 4.78 is 12.5. The fourth-order valence-corrected chi connectivity index (χ4v) is 2.80. The van der Waals surface area contributed by atoms with Gasteiger partial charge in [-0.1, -0.05) is 36.4 Å². The minimum atomic E-state index is -1.22. The maximum atomic E-state index is 11.6. The van der Waals surface area contributed by atoms with Crippen molar-refractivity contribution < 1.29 is 14.6 Å². The zero-order chi connectivity index (χ0) is 17.0. The maximum absolute atomic E-state index is 11.6. The third-order valence-electron chi connectivity index (χ3n) is 4.08. The summed E-state index contributed by atoms with van der Waals surface area (Å²) in [5.74, 6) is 1.20. The van der Waals surface area contributed by atoms with Gasteiger partial charge in [0.1, 0.15) is 5.60 Å². The number of aromatic nitrogens is 2. The standard InChI is InChI=1S/C19H20N2O3/c1-23-17-9-8-16(12-18(17)24-2)19(22,13-21-11-10-20-14-21)15-6-4-3-5-7-15/h3-12,14,22H,13H2,1-2H3. The van der Waals surface area contributed by atoms with Crippen LogP contribution in [0.1, 0.15) is 11.1 Å². The van der Waals surface area contributed by atoms with Crippen LogP contribution in [0.15, 0.2) is 67.3 Å². The van der Waals surface area contributed by atoms with E-state index in [2.05, 4.69) is 4.98 Å². The molecular weight excluding hydrogens is 304 g/mol. The van der Waals surface area contributed by atoms with Crippen molar-refractivity contribution in [2.24, 2.45) is 0 Å². The molecule has 0 spiro atoms. The van der Waals surface area contributed by atoms with Crippen LogP contribution in [0.3, 0.4) is 0 Å². The van der Waals surface area contributed by atoms with Gasteiger partial charge in [0.25, 0.3) is 0 Å². The molecule has 1 heterocycles. The molecule has 5 nitrogen and oxygen atoms in total. The Morgan fingerprint density at radius 3 is 2.38 bits per heavy atom. The molecule has 0 saturated carbocycles. The van der Waals surface area contributed by atoms with Crippen molar-refractivity contribution >= 4 is 0 Å². The van der Waals surface area contributed by atoms with Crippen molar-refractivity contribution in [3.05, 3.63) is 78.4 Å². The molecule has 0 amide bonds. The van der Waals surface area contributed by atoms with Gasteiger partial charge < -0.3 is 19.1 Å². The van der Waals surface area contributed by atoms with E-state index in [4.69, 9.17) is 9.47 Å². The lowest BCUT2D eigenvalue weighted by Crippen LogP contribution is -2.32. The highest BCUT2D eigenvalue weighted by Crippen LogP contribution is 2.36. The number of rotatable bonds is 6. The average Bonchev–Trinajstić information content (AvgIpc) is 3.14. The van der Waals surface area contributed by atoms with Gasteiger partial charge in [-0.2, -0.15) is 0 Å². The fourth-order valence-electron chi connectivity index (χ4n) is 2.80. The predicted molar refractivity (Wildman–Crippen MR) is 91.2 cm³/mol. The SMILES string of the molecule is COc1ccc(C(O)(Cn2ccnc2)c2ccccc2)cc1OC. The van der Waals surface area contributed by atoms with E-state index in [9.17, 15) is 5.11 Å². The molecule has 124 valence electrons. The van der Waals surface area contributed by atoms with Crippen molar-refractivity contribution in [3.63, 3.8) is 0 Å². The number of nitrogens with zero attached hydrogens (tertiary/aromatic N) is 2. The number of imidazole rings is 1.